The maximum absolute atomic E-state index is 11.7. The maximum atomic E-state index is 11.7. The van der Waals surface area contributed by atoms with Gasteiger partial charge in [-0.3, -0.25) is 4.98 Å². The Labute approximate surface area is 159 Å². The summed E-state index contributed by atoms with van der Waals surface area (Å²) in [5.41, 5.74) is 1.70. The van der Waals surface area contributed by atoms with E-state index in [0.717, 1.165) is 21.5 Å². The molecule has 0 unspecified atom stereocenters. The minimum absolute atomic E-state index is 0.396. The van der Waals surface area contributed by atoms with Crippen LogP contribution >= 0.6 is 35.2 Å². The molecule has 3 aromatic rings. The third-order valence-electron chi connectivity index (χ3n) is 3.41. The smallest absolute Gasteiger partial charge is 0.349 e. The van der Waals surface area contributed by atoms with Crippen molar-refractivity contribution in [1.82, 2.24) is 10.3 Å². The van der Waals surface area contributed by atoms with Crippen LogP contribution < -0.4 is 10.6 Å². The molecule has 0 aliphatic heterocycles. The number of thiophene rings is 1. The second-order valence-electron chi connectivity index (χ2n) is 5.08. The molecule has 128 valence electrons. The zero-order valence-electron chi connectivity index (χ0n) is 13.2. The Morgan fingerprint density at radius 3 is 2.92 bits per heavy atom. The molecule has 0 saturated heterocycles. The van der Waals surface area contributed by atoms with E-state index in [1.807, 2.05) is 36.4 Å². The number of halogens is 1. The van der Waals surface area contributed by atoms with Crippen molar-refractivity contribution in [1.29, 1.82) is 0 Å². The van der Waals surface area contributed by atoms with E-state index >= 15 is 0 Å². The fraction of sp³-hybridized carbons (Fsp3) is 0.118. The number of ether oxygens (including phenoxy) is 1. The Balaban J connectivity index is 1.71. The molecule has 0 aliphatic carbocycles. The normalized spacial score (nSPS) is 10.5. The predicted molar refractivity (Wildman–Crippen MR) is 105 cm³/mol. The van der Waals surface area contributed by atoms with Gasteiger partial charge in [-0.15, -0.1) is 11.3 Å². The summed E-state index contributed by atoms with van der Waals surface area (Å²) in [5.74, 6) is -0.437. The third kappa shape index (κ3) is 4.07. The van der Waals surface area contributed by atoms with Gasteiger partial charge in [-0.1, -0.05) is 17.7 Å². The monoisotopic (exact) mass is 391 g/mol. The Kier molecular flexibility index (Phi) is 5.47. The van der Waals surface area contributed by atoms with E-state index in [0.29, 0.717) is 21.6 Å². The van der Waals surface area contributed by atoms with Crippen molar-refractivity contribution in [3.8, 4) is 0 Å². The highest BCUT2D eigenvalue weighted by Crippen LogP contribution is 2.37. The quantitative estimate of drug-likeness (QED) is 0.512. The van der Waals surface area contributed by atoms with Crippen LogP contribution in [-0.4, -0.2) is 23.2 Å². The number of esters is 1. The molecule has 0 fully saturated rings. The summed E-state index contributed by atoms with van der Waals surface area (Å²) in [4.78, 5) is 16.4. The van der Waals surface area contributed by atoms with Crippen LogP contribution in [0, 0.1) is 0 Å². The van der Waals surface area contributed by atoms with Crippen LogP contribution in [0.2, 0.25) is 5.02 Å². The number of rotatable bonds is 4. The van der Waals surface area contributed by atoms with E-state index in [1.165, 1.54) is 18.4 Å². The Bertz CT molecular complexity index is 928. The standard InChI is InChI=1S/C17H14ClN3O2S2/c1-23-16(22)15-14(18)12-6-5-10(8-13(12)25-15)21-17(24)20-9-11-4-2-3-7-19-11/h2-8H,9H2,1H3,(H2,20,21,24). The average Bonchev–Trinajstić information content (AvgIpc) is 2.96. The molecule has 2 aromatic heterocycles. The van der Waals surface area contributed by atoms with Crippen LogP contribution in [0.5, 0.6) is 0 Å². The zero-order valence-corrected chi connectivity index (χ0v) is 15.6. The summed E-state index contributed by atoms with van der Waals surface area (Å²) in [6, 6.07) is 11.3. The number of methoxy groups -OCH3 is 1. The van der Waals surface area contributed by atoms with Crippen LogP contribution in [0.4, 0.5) is 5.69 Å². The van der Waals surface area contributed by atoms with Gasteiger partial charge in [-0.2, -0.15) is 0 Å². The molecule has 2 heterocycles. The highest BCUT2D eigenvalue weighted by molar-refractivity contribution is 7.80. The Morgan fingerprint density at radius 1 is 1.36 bits per heavy atom. The van der Waals surface area contributed by atoms with Crippen LogP contribution in [-0.2, 0) is 11.3 Å². The van der Waals surface area contributed by atoms with Gasteiger partial charge in [0.15, 0.2) is 5.11 Å². The van der Waals surface area contributed by atoms with Crippen molar-refractivity contribution in [2.45, 2.75) is 6.54 Å². The number of carbonyl (C=O) groups excluding carboxylic acids is 1. The molecule has 5 nitrogen and oxygen atoms in total. The van der Waals surface area contributed by atoms with E-state index in [-0.39, 0.29) is 0 Å². The number of nitrogens with one attached hydrogen (secondary N) is 2. The third-order valence-corrected chi connectivity index (χ3v) is 5.30. The second kappa shape index (κ2) is 7.77. The van der Waals surface area contributed by atoms with Crippen molar-refractivity contribution < 1.29 is 9.53 Å². The first-order valence-electron chi connectivity index (χ1n) is 7.33. The molecular weight excluding hydrogens is 378 g/mol. The molecule has 0 atom stereocenters. The van der Waals surface area contributed by atoms with Gasteiger partial charge >= 0.3 is 5.97 Å². The molecule has 1 aromatic carbocycles. The number of thiocarbonyl (C=S) groups is 1. The molecular formula is C17H14ClN3O2S2. The van der Waals surface area contributed by atoms with E-state index in [1.54, 1.807) is 6.20 Å². The van der Waals surface area contributed by atoms with Crippen LogP contribution in [0.3, 0.4) is 0 Å². The van der Waals surface area contributed by atoms with E-state index in [2.05, 4.69) is 15.6 Å². The van der Waals surface area contributed by atoms with Crippen molar-refractivity contribution in [2.24, 2.45) is 0 Å². The number of pyridine rings is 1. The number of carbonyl (C=O) groups is 1. The molecule has 3 rings (SSSR count). The number of aromatic nitrogens is 1. The molecule has 0 spiro atoms. The maximum Gasteiger partial charge on any atom is 0.349 e. The number of anilines is 1. The molecule has 0 radical (unpaired) electrons. The van der Waals surface area contributed by atoms with Crippen molar-refractivity contribution in [3.63, 3.8) is 0 Å². The fourth-order valence-electron chi connectivity index (χ4n) is 2.22. The van der Waals surface area contributed by atoms with Gasteiger partial charge in [0.25, 0.3) is 0 Å². The summed E-state index contributed by atoms with van der Waals surface area (Å²) >= 11 is 12.8. The Hall–Kier alpha value is -2.22. The average molecular weight is 392 g/mol. The lowest BCUT2D eigenvalue weighted by Crippen LogP contribution is -2.28. The minimum atomic E-state index is -0.437. The largest absolute Gasteiger partial charge is 0.465 e. The number of hydrogen-bond acceptors (Lipinski definition) is 5. The van der Waals surface area contributed by atoms with Gasteiger partial charge in [0.05, 0.1) is 24.4 Å². The lowest BCUT2D eigenvalue weighted by atomic mass is 10.2. The van der Waals surface area contributed by atoms with E-state index < -0.39 is 5.97 Å². The molecule has 0 aliphatic rings. The van der Waals surface area contributed by atoms with Gasteiger partial charge in [-0.25, -0.2) is 4.79 Å². The predicted octanol–water partition coefficient (Wildman–Crippen LogP) is 4.22. The van der Waals surface area contributed by atoms with Crippen LogP contribution in [0.1, 0.15) is 15.4 Å². The molecule has 0 bridgehead atoms. The summed E-state index contributed by atoms with van der Waals surface area (Å²) in [6.07, 6.45) is 1.74. The second-order valence-corrected chi connectivity index (χ2v) is 6.91. The first kappa shape index (κ1) is 17.6. The topological polar surface area (TPSA) is 63.2 Å². The highest BCUT2D eigenvalue weighted by atomic mass is 35.5. The van der Waals surface area contributed by atoms with Crippen molar-refractivity contribution in [2.75, 3.05) is 12.4 Å². The molecule has 25 heavy (non-hydrogen) atoms. The molecule has 2 N–H and O–H groups in total. The Morgan fingerprint density at radius 2 is 2.20 bits per heavy atom. The molecule has 8 heteroatoms. The zero-order chi connectivity index (χ0) is 17.8. The lowest BCUT2D eigenvalue weighted by Gasteiger charge is -2.10. The highest BCUT2D eigenvalue weighted by Gasteiger charge is 2.17. The van der Waals surface area contributed by atoms with Crippen LogP contribution in [0.15, 0.2) is 42.6 Å². The fourth-order valence-corrected chi connectivity index (χ4v) is 3.87. The summed E-state index contributed by atoms with van der Waals surface area (Å²) in [6.45, 7) is 0.534. The number of fused-ring (bicyclic) bond motifs is 1. The summed E-state index contributed by atoms with van der Waals surface area (Å²) in [7, 11) is 1.34. The molecule has 0 amide bonds. The van der Waals surface area contributed by atoms with Crippen molar-refractivity contribution in [3.05, 3.63) is 58.2 Å². The first-order chi connectivity index (χ1) is 12.1. The van der Waals surface area contributed by atoms with Crippen LogP contribution in [0.25, 0.3) is 10.1 Å². The van der Waals surface area contributed by atoms with Gasteiger partial charge in [0.2, 0.25) is 0 Å². The van der Waals surface area contributed by atoms with E-state index in [9.17, 15) is 4.79 Å². The number of nitrogens with zero attached hydrogens (tertiary/aromatic N) is 1. The lowest BCUT2D eigenvalue weighted by molar-refractivity contribution is 0.0606. The van der Waals surface area contributed by atoms with Gasteiger partial charge in [-0.05, 0) is 42.5 Å². The number of hydrogen-bond donors (Lipinski definition) is 2. The molecule has 0 saturated carbocycles. The van der Waals surface area contributed by atoms with Crippen molar-refractivity contribution >= 4 is 62.0 Å². The first-order valence-corrected chi connectivity index (χ1v) is 8.94. The van der Waals surface area contributed by atoms with Gasteiger partial charge in [0.1, 0.15) is 4.88 Å². The summed E-state index contributed by atoms with van der Waals surface area (Å²) < 4.78 is 5.63. The van der Waals surface area contributed by atoms with E-state index in [4.69, 9.17) is 28.6 Å². The van der Waals surface area contributed by atoms with Gasteiger partial charge < -0.3 is 15.4 Å². The minimum Gasteiger partial charge on any atom is -0.465 e. The van der Waals surface area contributed by atoms with Gasteiger partial charge in [0, 0.05) is 22.0 Å². The summed E-state index contributed by atoms with van der Waals surface area (Å²) in [5, 5.41) is 7.93. The number of benzene rings is 1. The SMILES string of the molecule is COC(=O)c1sc2cc(NC(=S)NCc3ccccn3)ccc2c1Cl.